The lowest BCUT2D eigenvalue weighted by Gasteiger charge is -2.20. The highest BCUT2D eigenvalue weighted by Gasteiger charge is 2.10. The van der Waals surface area contributed by atoms with E-state index in [4.69, 9.17) is 5.11 Å². The van der Waals surface area contributed by atoms with E-state index in [0.29, 0.717) is 0 Å². The minimum Gasteiger partial charge on any atom is -0.393 e. The van der Waals surface area contributed by atoms with Gasteiger partial charge in [-0.1, -0.05) is 6.58 Å². The van der Waals surface area contributed by atoms with Crippen LogP contribution in [0.5, 0.6) is 0 Å². The standard InChI is InChI=1S/C6H11NO/c1-5-4-6(8)2-3-7-5/h6-8H,1-4H2. The van der Waals surface area contributed by atoms with Crippen molar-refractivity contribution in [2.24, 2.45) is 0 Å². The number of hydrogen-bond acceptors (Lipinski definition) is 2. The summed E-state index contributed by atoms with van der Waals surface area (Å²) in [4.78, 5) is 0. The molecule has 0 bridgehead atoms. The van der Waals surface area contributed by atoms with E-state index in [0.717, 1.165) is 25.1 Å². The average Bonchev–Trinajstić information content (AvgIpc) is 1.64. The molecular weight excluding hydrogens is 102 g/mol. The largest absolute Gasteiger partial charge is 0.393 e. The van der Waals surface area contributed by atoms with Crippen molar-refractivity contribution >= 4 is 0 Å². The fourth-order valence-electron chi connectivity index (χ4n) is 0.874. The summed E-state index contributed by atoms with van der Waals surface area (Å²) >= 11 is 0. The molecule has 1 saturated heterocycles. The van der Waals surface area contributed by atoms with Gasteiger partial charge in [0.05, 0.1) is 6.10 Å². The second kappa shape index (κ2) is 2.18. The molecule has 0 saturated carbocycles. The zero-order chi connectivity index (χ0) is 5.98. The van der Waals surface area contributed by atoms with Crippen LogP contribution < -0.4 is 5.32 Å². The minimum atomic E-state index is -0.149. The second-order valence-electron chi connectivity index (χ2n) is 2.18. The molecule has 2 N–H and O–H groups in total. The van der Waals surface area contributed by atoms with Crippen LogP contribution in [0.3, 0.4) is 0 Å². The highest BCUT2D eigenvalue weighted by molar-refractivity contribution is 4.96. The fraction of sp³-hybridized carbons (Fsp3) is 0.667. The molecule has 1 aliphatic rings. The van der Waals surface area contributed by atoms with E-state index >= 15 is 0 Å². The van der Waals surface area contributed by atoms with E-state index in [2.05, 4.69) is 11.9 Å². The molecule has 2 heteroatoms. The van der Waals surface area contributed by atoms with Crippen LogP contribution in [0, 0.1) is 0 Å². The van der Waals surface area contributed by atoms with Crippen molar-refractivity contribution in [3.05, 3.63) is 12.3 Å². The lowest BCUT2D eigenvalue weighted by Crippen LogP contribution is -2.28. The highest BCUT2D eigenvalue weighted by Crippen LogP contribution is 2.08. The molecule has 0 radical (unpaired) electrons. The Kier molecular flexibility index (Phi) is 1.53. The smallest absolute Gasteiger partial charge is 0.0611 e. The molecule has 0 aromatic rings. The molecule has 46 valence electrons. The molecular formula is C6H11NO. The molecule has 0 aromatic heterocycles. The Hall–Kier alpha value is -0.500. The van der Waals surface area contributed by atoms with Gasteiger partial charge in [0.15, 0.2) is 0 Å². The van der Waals surface area contributed by atoms with Gasteiger partial charge >= 0.3 is 0 Å². The van der Waals surface area contributed by atoms with Crippen LogP contribution in [0.15, 0.2) is 12.3 Å². The first-order valence-corrected chi connectivity index (χ1v) is 2.89. The third-order valence-electron chi connectivity index (χ3n) is 1.33. The Morgan fingerprint density at radius 3 is 2.88 bits per heavy atom. The maximum Gasteiger partial charge on any atom is 0.0611 e. The second-order valence-corrected chi connectivity index (χ2v) is 2.18. The van der Waals surface area contributed by atoms with Crippen LogP contribution in [-0.2, 0) is 0 Å². The van der Waals surface area contributed by atoms with Crippen LogP contribution in [-0.4, -0.2) is 17.8 Å². The van der Waals surface area contributed by atoms with Crippen LogP contribution in [0.4, 0.5) is 0 Å². The molecule has 2 nitrogen and oxygen atoms in total. The summed E-state index contributed by atoms with van der Waals surface area (Å²) in [5, 5.41) is 12.0. The van der Waals surface area contributed by atoms with Crippen LogP contribution in [0.2, 0.25) is 0 Å². The van der Waals surface area contributed by atoms with Crippen LogP contribution >= 0.6 is 0 Å². The van der Waals surface area contributed by atoms with Gasteiger partial charge < -0.3 is 10.4 Å². The van der Waals surface area contributed by atoms with Gasteiger partial charge in [0, 0.05) is 18.7 Å². The van der Waals surface area contributed by atoms with Crippen molar-refractivity contribution in [1.82, 2.24) is 5.32 Å². The Morgan fingerprint density at radius 2 is 2.50 bits per heavy atom. The topological polar surface area (TPSA) is 32.3 Å². The number of rotatable bonds is 0. The number of piperidine rings is 1. The lowest BCUT2D eigenvalue weighted by atomic mass is 10.1. The molecule has 1 rings (SSSR count). The monoisotopic (exact) mass is 113 g/mol. The van der Waals surface area contributed by atoms with Crippen molar-refractivity contribution in [2.75, 3.05) is 6.54 Å². The number of nitrogens with one attached hydrogen (secondary N) is 1. The van der Waals surface area contributed by atoms with Crippen molar-refractivity contribution < 1.29 is 5.11 Å². The Morgan fingerprint density at radius 1 is 1.75 bits per heavy atom. The summed E-state index contributed by atoms with van der Waals surface area (Å²) in [7, 11) is 0. The maximum atomic E-state index is 8.98. The molecule has 0 aliphatic carbocycles. The third kappa shape index (κ3) is 1.23. The molecule has 0 aromatic carbocycles. The number of aliphatic hydroxyl groups excluding tert-OH is 1. The van der Waals surface area contributed by atoms with E-state index in [-0.39, 0.29) is 6.10 Å². The first-order valence-electron chi connectivity index (χ1n) is 2.89. The predicted molar refractivity (Wildman–Crippen MR) is 32.4 cm³/mol. The normalized spacial score (nSPS) is 29.6. The first-order chi connectivity index (χ1) is 3.79. The van der Waals surface area contributed by atoms with Gasteiger partial charge in [-0.2, -0.15) is 0 Å². The summed E-state index contributed by atoms with van der Waals surface area (Å²) in [6, 6.07) is 0. The molecule has 1 fully saturated rings. The van der Waals surface area contributed by atoms with Gasteiger partial charge in [-0.05, 0) is 6.42 Å². The lowest BCUT2D eigenvalue weighted by molar-refractivity contribution is 0.151. The Labute approximate surface area is 49.2 Å². The van der Waals surface area contributed by atoms with E-state index in [1.165, 1.54) is 0 Å². The Balaban J connectivity index is 2.34. The Bertz CT molecular complexity index is 101. The van der Waals surface area contributed by atoms with E-state index in [1.807, 2.05) is 0 Å². The van der Waals surface area contributed by atoms with Gasteiger partial charge in [-0.3, -0.25) is 0 Å². The number of hydrogen-bond donors (Lipinski definition) is 2. The SMILES string of the molecule is C=C1CC(O)CCN1. The molecule has 0 spiro atoms. The molecule has 1 unspecified atom stereocenters. The minimum absolute atomic E-state index is 0.149. The van der Waals surface area contributed by atoms with E-state index < -0.39 is 0 Å². The summed E-state index contributed by atoms with van der Waals surface area (Å²) in [5.74, 6) is 0. The van der Waals surface area contributed by atoms with Gasteiger partial charge in [0.1, 0.15) is 0 Å². The van der Waals surface area contributed by atoms with E-state index in [9.17, 15) is 0 Å². The quantitative estimate of drug-likeness (QED) is 0.472. The molecule has 0 amide bonds. The van der Waals surface area contributed by atoms with E-state index in [1.54, 1.807) is 0 Å². The van der Waals surface area contributed by atoms with Gasteiger partial charge in [0.2, 0.25) is 0 Å². The fourth-order valence-corrected chi connectivity index (χ4v) is 0.874. The van der Waals surface area contributed by atoms with Gasteiger partial charge in [0.25, 0.3) is 0 Å². The van der Waals surface area contributed by atoms with Gasteiger partial charge in [-0.25, -0.2) is 0 Å². The van der Waals surface area contributed by atoms with Crippen LogP contribution in [0.1, 0.15) is 12.8 Å². The average molecular weight is 113 g/mol. The summed E-state index contributed by atoms with van der Waals surface area (Å²) in [5.41, 5.74) is 0.962. The first kappa shape index (κ1) is 5.63. The molecule has 1 heterocycles. The van der Waals surface area contributed by atoms with Crippen molar-refractivity contribution in [3.8, 4) is 0 Å². The predicted octanol–water partition coefficient (Wildman–Crippen LogP) is 0.244. The third-order valence-corrected chi connectivity index (χ3v) is 1.33. The summed E-state index contributed by atoms with van der Waals surface area (Å²) in [6.07, 6.45) is 1.43. The zero-order valence-corrected chi connectivity index (χ0v) is 4.85. The maximum absolute atomic E-state index is 8.98. The van der Waals surface area contributed by atoms with Crippen LogP contribution in [0.25, 0.3) is 0 Å². The van der Waals surface area contributed by atoms with Crippen molar-refractivity contribution in [3.63, 3.8) is 0 Å². The molecule has 1 atom stereocenters. The zero-order valence-electron chi connectivity index (χ0n) is 4.85. The summed E-state index contributed by atoms with van der Waals surface area (Å²) in [6.45, 7) is 4.57. The van der Waals surface area contributed by atoms with Crippen molar-refractivity contribution in [1.29, 1.82) is 0 Å². The van der Waals surface area contributed by atoms with Gasteiger partial charge in [-0.15, -0.1) is 0 Å². The summed E-state index contributed by atoms with van der Waals surface area (Å²) < 4.78 is 0. The highest BCUT2D eigenvalue weighted by atomic mass is 16.3. The van der Waals surface area contributed by atoms with Crippen molar-refractivity contribution in [2.45, 2.75) is 18.9 Å². The molecule has 1 aliphatic heterocycles. The molecule has 8 heavy (non-hydrogen) atoms. The number of aliphatic hydroxyl groups is 1.